The van der Waals surface area contributed by atoms with Crippen LogP contribution in [0.4, 0.5) is 26.3 Å². The number of nitrogens with zero attached hydrogens (tertiary/aromatic N) is 1. The summed E-state index contributed by atoms with van der Waals surface area (Å²) in [5, 5.41) is 0. The largest absolute Gasteiger partial charge is 0.573 e. The van der Waals surface area contributed by atoms with Gasteiger partial charge in [-0.3, -0.25) is 4.98 Å². The molecule has 0 radical (unpaired) electrons. The van der Waals surface area contributed by atoms with Crippen molar-refractivity contribution in [3.05, 3.63) is 23.0 Å². The summed E-state index contributed by atoms with van der Waals surface area (Å²) >= 11 is 0. The summed E-state index contributed by atoms with van der Waals surface area (Å²) in [6.07, 6.45) is -10.6. The average molecular weight is 318 g/mol. The van der Waals surface area contributed by atoms with Crippen molar-refractivity contribution in [2.75, 3.05) is 7.11 Å². The highest BCUT2D eigenvalue weighted by Gasteiger charge is 2.43. The van der Waals surface area contributed by atoms with Gasteiger partial charge in [-0.05, 0) is 0 Å². The first-order valence-electron chi connectivity index (χ1n) is 5.14. The Morgan fingerprint density at radius 2 is 1.86 bits per heavy atom. The van der Waals surface area contributed by atoms with E-state index < -0.39 is 47.6 Å². The summed E-state index contributed by atoms with van der Waals surface area (Å²) in [5.74, 6) is -3.22. The second-order valence-corrected chi connectivity index (χ2v) is 3.56. The van der Waals surface area contributed by atoms with Crippen molar-refractivity contribution in [2.45, 2.75) is 19.1 Å². The Morgan fingerprint density at radius 3 is 2.24 bits per heavy atom. The molecule has 0 amide bonds. The van der Waals surface area contributed by atoms with Crippen molar-refractivity contribution in [1.82, 2.24) is 4.98 Å². The highest BCUT2D eigenvalue weighted by molar-refractivity contribution is 5.94. The Morgan fingerprint density at radius 1 is 1.29 bits per heavy atom. The van der Waals surface area contributed by atoms with Gasteiger partial charge < -0.3 is 15.2 Å². The van der Waals surface area contributed by atoms with Gasteiger partial charge in [-0.1, -0.05) is 0 Å². The molecule has 0 fully saturated rings. The molecule has 0 spiro atoms. The molecule has 0 aliphatic carbocycles. The number of rotatable bonds is 3. The van der Waals surface area contributed by atoms with Crippen LogP contribution in [-0.4, -0.2) is 24.4 Å². The van der Waals surface area contributed by atoms with E-state index in [4.69, 9.17) is 5.73 Å². The number of hydrogen-bond donors (Lipinski definition) is 1. The van der Waals surface area contributed by atoms with E-state index in [1.54, 1.807) is 0 Å². The van der Waals surface area contributed by atoms with Crippen LogP contribution in [0, 0.1) is 0 Å². The first-order chi connectivity index (χ1) is 9.51. The van der Waals surface area contributed by atoms with E-state index in [2.05, 4.69) is 14.5 Å². The van der Waals surface area contributed by atoms with Gasteiger partial charge in [0.15, 0.2) is 5.75 Å². The number of aromatic nitrogens is 1. The van der Waals surface area contributed by atoms with Gasteiger partial charge in [-0.25, -0.2) is 4.79 Å². The van der Waals surface area contributed by atoms with E-state index in [0.29, 0.717) is 0 Å². The SMILES string of the molecule is COC(=O)c1c(CN)ncc(C(F)(F)F)c1OC(F)(F)F. The summed E-state index contributed by atoms with van der Waals surface area (Å²) in [4.78, 5) is 14.7. The van der Waals surface area contributed by atoms with E-state index in [9.17, 15) is 31.1 Å². The summed E-state index contributed by atoms with van der Waals surface area (Å²) in [6, 6.07) is 0. The Hall–Kier alpha value is -2.04. The number of alkyl halides is 6. The molecule has 2 N–H and O–H groups in total. The topological polar surface area (TPSA) is 74.4 Å². The predicted molar refractivity (Wildman–Crippen MR) is 55.2 cm³/mol. The standard InChI is InChI=1S/C10H8F6N2O3/c1-20-8(19)6-5(2-17)18-3-4(9(11,12)13)7(6)21-10(14,15)16/h3H,2,17H2,1H3. The highest BCUT2D eigenvalue weighted by Crippen LogP contribution is 2.41. The van der Waals surface area contributed by atoms with E-state index in [1.807, 2.05) is 0 Å². The normalized spacial score (nSPS) is 12.2. The lowest BCUT2D eigenvalue weighted by Crippen LogP contribution is -2.24. The molecule has 0 unspecified atom stereocenters. The number of hydrogen-bond acceptors (Lipinski definition) is 5. The van der Waals surface area contributed by atoms with Crippen molar-refractivity contribution < 1.29 is 40.6 Å². The second kappa shape index (κ2) is 5.76. The van der Waals surface area contributed by atoms with E-state index in [0.717, 1.165) is 7.11 Å². The van der Waals surface area contributed by atoms with Crippen LogP contribution in [0.15, 0.2) is 6.20 Å². The third-order valence-electron chi connectivity index (χ3n) is 2.22. The Balaban J connectivity index is 3.66. The minimum absolute atomic E-state index is 0.107. The number of esters is 1. The van der Waals surface area contributed by atoms with Crippen LogP contribution >= 0.6 is 0 Å². The molecule has 11 heteroatoms. The third kappa shape index (κ3) is 3.97. The van der Waals surface area contributed by atoms with Crippen LogP contribution in [0.5, 0.6) is 5.75 Å². The summed E-state index contributed by atoms with van der Waals surface area (Å²) < 4.78 is 82.6. The Labute approximate surface area is 113 Å². The van der Waals surface area contributed by atoms with Gasteiger partial charge in [-0.15, -0.1) is 13.2 Å². The molecule has 0 saturated heterocycles. The summed E-state index contributed by atoms with van der Waals surface area (Å²) in [7, 11) is 0.778. The average Bonchev–Trinajstić information content (AvgIpc) is 2.33. The Bertz CT molecular complexity index is 541. The molecular formula is C10H8F6N2O3. The van der Waals surface area contributed by atoms with E-state index in [1.165, 1.54) is 0 Å². The summed E-state index contributed by atoms with van der Waals surface area (Å²) in [6.45, 7) is -0.587. The molecule has 0 saturated carbocycles. The van der Waals surface area contributed by atoms with Gasteiger partial charge in [0, 0.05) is 12.7 Å². The molecular weight excluding hydrogens is 310 g/mol. The quantitative estimate of drug-likeness (QED) is 0.683. The monoisotopic (exact) mass is 318 g/mol. The molecule has 5 nitrogen and oxygen atoms in total. The maximum atomic E-state index is 12.7. The zero-order valence-electron chi connectivity index (χ0n) is 10.3. The molecule has 1 heterocycles. The minimum atomic E-state index is -5.45. The molecule has 0 atom stereocenters. The number of nitrogens with two attached hydrogens (primary N) is 1. The van der Waals surface area contributed by atoms with Gasteiger partial charge in [0.1, 0.15) is 11.1 Å². The van der Waals surface area contributed by atoms with Crippen molar-refractivity contribution in [1.29, 1.82) is 0 Å². The molecule has 0 aromatic carbocycles. The van der Waals surface area contributed by atoms with Crippen LogP contribution in [0.3, 0.4) is 0 Å². The lowest BCUT2D eigenvalue weighted by molar-refractivity contribution is -0.276. The number of carbonyl (C=O) groups excluding carboxylic acids is 1. The number of carbonyl (C=O) groups is 1. The number of pyridine rings is 1. The van der Waals surface area contributed by atoms with Crippen LogP contribution in [-0.2, 0) is 17.5 Å². The van der Waals surface area contributed by atoms with Crippen molar-refractivity contribution in [3.8, 4) is 5.75 Å². The van der Waals surface area contributed by atoms with Crippen LogP contribution < -0.4 is 10.5 Å². The van der Waals surface area contributed by atoms with Crippen LogP contribution in [0.2, 0.25) is 0 Å². The maximum Gasteiger partial charge on any atom is 0.573 e. The lowest BCUT2D eigenvalue weighted by Gasteiger charge is -2.19. The predicted octanol–water partition coefficient (Wildman–Crippen LogP) is 2.24. The molecule has 1 aromatic heterocycles. The van der Waals surface area contributed by atoms with Gasteiger partial charge in [-0.2, -0.15) is 13.2 Å². The number of halogens is 6. The molecule has 0 aliphatic rings. The van der Waals surface area contributed by atoms with Crippen LogP contribution in [0.25, 0.3) is 0 Å². The van der Waals surface area contributed by atoms with Gasteiger partial charge in [0.05, 0.1) is 12.8 Å². The summed E-state index contributed by atoms with van der Waals surface area (Å²) in [5.41, 5.74) is 1.65. The Kier molecular flexibility index (Phi) is 4.66. The third-order valence-corrected chi connectivity index (χ3v) is 2.22. The first kappa shape index (κ1) is 17.0. The van der Waals surface area contributed by atoms with Gasteiger partial charge >= 0.3 is 18.5 Å². The number of methoxy groups -OCH3 is 1. The molecule has 118 valence electrons. The molecule has 1 rings (SSSR count). The molecule has 21 heavy (non-hydrogen) atoms. The fourth-order valence-electron chi connectivity index (χ4n) is 1.42. The molecule has 1 aromatic rings. The fraction of sp³-hybridized carbons (Fsp3) is 0.400. The number of ether oxygens (including phenoxy) is 2. The smallest absolute Gasteiger partial charge is 0.465 e. The van der Waals surface area contributed by atoms with E-state index in [-0.39, 0.29) is 6.20 Å². The van der Waals surface area contributed by atoms with Gasteiger partial charge in [0.2, 0.25) is 0 Å². The lowest BCUT2D eigenvalue weighted by atomic mass is 10.1. The highest BCUT2D eigenvalue weighted by atomic mass is 19.4. The van der Waals surface area contributed by atoms with E-state index >= 15 is 0 Å². The first-order valence-corrected chi connectivity index (χ1v) is 5.14. The molecule has 0 aliphatic heterocycles. The van der Waals surface area contributed by atoms with Gasteiger partial charge in [0.25, 0.3) is 0 Å². The van der Waals surface area contributed by atoms with Crippen LogP contribution in [0.1, 0.15) is 21.6 Å². The van der Waals surface area contributed by atoms with Crippen molar-refractivity contribution in [3.63, 3.8) is 0 Å². The maximum absolute atomic E-state index is 12.7. The zero-order valence-corrected chi connectivity index (χ0v) is 10.3. The fourth-order valence-corrected chi connectivity index (χ4v) is 1.42. The van der Waals surface area contributed by atoms with Crippen molar-refractivity contribution >= 4 is 5.97 Å². The minimum Gasteiger partial charge on any atom is -0.465 e. The van der Waals surface area contributed by atoms with Crippen molar-refractivity contribution in [2.24, 2.45) is 5.73 Å². The second-order valence-electron chi connectivity index (χ2n) is 3.56. The zero-order chi connectivity index (χ0) is 16.4. The molecule has 0 bridgehead atoms.